The van der Waals surface area contributed by atoms with Gasteiger partial charge >= 0.3 is 13.2 Å². The second-order valence-corrected chi connectivity index (χ2v) is 9.07. The lowest BCUT2D eigenvalue weighted by Gasteiger charge is -2.32. The van der Waals surface area contributed by atoms with Crippen molar-refractivity contribution in [2.45, 2.75) is 59.0 Å². The number of aliphatic hydroxyl groups excluding tert-OH is 1. The average molecular weight is 437 g/mol. The van der Waals surface area contributed by atoms with Crippen LogP contribution in [0.4, 0.5) is 4.79 Å². The highest BCUT2D eigenvalue weighted by atomic mass is 16.7. The van der Waals surface area contributed by atoms with Gasteiger partial charge in [-0.05, 0) is 62.3 Å². The maximum Gasteiger partial charge on any atom is 0.492 e. The Morgan fingerprint density at radius 3 is 2.31 bits per heavy atom. The van der Waals surface area contributed by atoms with Crippen molar-refractivity contribution in [2.24, 2.45) is 0 Å². The van der Waals surface area contributed by atoms with Crippen LogP contribution in [0.2, 0.25) is 0 Å². The predicted octanol–water partition coefficient (Wildman–Crippen LogP) is 4.43. The molecule has 0 atom stereocenters. The molecular formula is C25H32BNO5. The van der Waals surface area contributed by atoms with Crippen molar-refractivity contribution in [2.75, 3.05) is 6.54 Å². The molecule has 170 valence electrons. The van der Waals surface area contributed by atoms with Crippen LogP contribution in [0.1, 0.15) is 49.9 Å². The van der Waals surface area contributed by atoms with Gasteiger partial charge < -0.3 is 24.5 Å². The van der Waals surface area contributed by atoms with Gasteiger partial charge in [0, 0.05) is 6.54 Å². The van der Waals surface area contributed by atoms with E-state index in [2.05, 4.69) is 5.32 Å². The molecule has 0 saturated carbocycles. The van der Waals surface area contributed by atoms with Crippen LogP contribution in [-0.4, -0.2) is 36.1 Å². The van der Waals surface area contributed by atoms with E-state index in [-0.39, 0.29) is 19.8 Å². The molecule has 1 aliphatic heterocycles. The number of aliphatic hydroxyl groups is 1. The highest BCUT2D eigenvalue weighted by Gasteiger charge is 2.52. The van der Waals surface area contributed by atoms with Crippen LogP contribution in [0, 0.1) is 6.92 Å². The van der Waals surface area contributed by atoms with E-state index < -0.39 is 24.4 Å². The van der Waals surface area contributed by atoms with Crippen molar-refractivity contribution in [1.29, 1.82) is 0 Å². The van der Waals surface area contributed by atoms with Gasteiger partial charge in [-0.3, -0.25) is 0 Å². The van der Waals surface area contributed by atoms with E-state index in [0.29, 0.717) is 0 Å². The molecular weight excluding hydrogens is 405 g/mol. The molecule has 1 amide bonds. The zero-order valence-electron chi connectivity index (χ0n) is 19.5. The van der Waals surface area contributed by atoms with E-state index in [0.717, 1.165) is 27.7 Å². The Kier molecular flexibility index (Phi) is 7.44. The third-order valence-corrected chi connectivity index (χ3v) is 6.06. The molecule has 0 bridgehead atoms. The fourth-order valence-electron chi connectivity index (χ4n) is 3.34. The van der Waals surface area contributed by atoms with Gasteiger partial charge in [0.05, 0.1) is 17.8 Å². The molecule has 0 spiro atoms. The first-order chi connectivity index (χ1) is 15.1. The van der Waals surface area contributed by atoms with Crippen molar-refractivity contribution < 1.29 is 23.9 Å². The Balaban J connectivity index is 1.76. The summed E-state index contributed by atoms with van der Waals surface area (Å²) in [4.78, 5) is 12.3. The van der Waals surface area contributed by atoms with Gasteiger partial charge in [-0.2, -0.15) is 0 Å². The molecule has 2 N–H and O–H groups in total. The van der Waals surface area contributed by atoms with Gasteiger partial charge in [0.15, 0.2) is 0 Å². The smallest absolute Gasteiger partial charge is 0.445 e. The van der Waals surface area contributed by atoms with Crippen molar-refractivity contribution in [1.82, 2.24) is 5.32 Å². The zero-order chi connectivity index (χ0) is 23.4. The number of ether oxygens (including phenoxy) is 1. The average Bonchev–Trinajstić information content (AvgIpc) is 2.98. The molecule has 2 aromatic carbocycles. The molecule has 0 unspecified atom stereocenters. The van der Waals surface area contributed by atoms with Crippen LogP contribution < -0.4 is 5.32 Å². The lowest BCUT2D eigenvalue weighted by atomic mass is 9.76. The molecule has 1 fully saturated rings. The van der Waals surface area contributed by atoms with Crippen LogP contribution in [0.25, 0.3) is 6.08 Å². The summed E-state index contributed by atoms with van der Waals surface area (Å²) in [7, 11) is -0.605. The number of hydrogen-bond acceptors (Lipinski definition) is 5. The standard InChI is InChI=1S/C25H32BNO5/c1-18-13-20(16-28)11-12-21(18)14-22(26-31-24(2,3)25(4,5)32-26)15-27-23(29)30-17-19-9-7-6-8-10-19/h6-14,28H,15-17H2,1-5H3,(H,27,29). The highest BCUT2D eigenvalue weighted by Crippen LogP contribution is 2.38. The molecule has 1 aliphatic rings. The van der Waals surface area contributed by atoms with Crippen LogP contribution in [0.5, 0.6) is 0 Å². The normalized spacial score (nSPS) is 17.3. The van der Waals surface area contributed by atoms with E-state index in [9.17, 15) is 9.90 Å². The fraction of sp³-hybridized carbons (Fsp3) is 0.400. The van der Waals surface area contributed by atoms with E-state index >= 15 is 0 Å². The SMILES string of the molecule is Cc1cc(CO)ccc1C=C(CNC(=O)OCc1ccccc1)B1OC(C)(C)C(C)(C)O1. The van der Waals surface area contributed by atoms with Crippen LogP contribution in [0.15, 0.2) is 54.0 Å². The molecule has 0 aliphatic carbocycles. The molecule has 0 aromatic heterocycles. The molecule has 32 heavy (non-hydrogen) atoms. The minimum Gasteiger partial charge on any atom is -0.445 e. The minimum absolute atomic E-state index is 0.0102. The number of aryl methyl sites for hydroxylation is 1. The monoisotopic (exact) mass is 437 g/mol. The Bertz CT molecular complexity index is 956. The van der Waals surface area contributed by atoms with Gasteiger partial charge in [0.2, 0.25) is 0 Å². The van der Waals surface area contributed by atoms with Gasteiger partial charge in [-0.25, -0.2) is 4.79 Å². The first-order valence-electron chi connectivity index (χ1n) is 10.8. The first kappa shape index (κ1) is 24.0. The number of rotatable bonds is 7. The van der Waals surface area contributed by atoms with Gasteiger partial charge in [-0.1, -0.05) is 54.6 Å². The van der Waals surface area contributed by atoms with Gasteiger partial charge in [-0.15, -0.1) is 0 Å². The van der Waals surface area contributed by atoms with Gasteiger partial charge in [0.1, 0.15) is 6.61 Å². The lowest BCUT2D eigenvalue weighted by molar-refractivity contribution is 0.00578. The molecule has 0 radical (unpaired) electrons. The summed E-state index contributed by atoms with van der Waals surface area (Å²) in [5, 5.41) is 12.2. The highest BCUT2D eigenvalue weighted by molar-refractivity contribution is 6.56. The summed E-state index contributed by atoms with van der Waals surface area (Å²) in [5.41, 5.74) is 3.52. The molecule has 3 rings (SSSR count). The van der Waals surface area contributed by atoms with E-state index in [1.807, 2.05) is 89.2 Å². The molecule has 7 heteroatoms. The maximum absolute atomic E-state index is 12.3. The van der Waals surface area contributed by atoms with Crippen LogP contribution in [0.3, 0.4) is 0 Å². The molecule has 1 heterocycles. The summed E-state index contributed by atoms with van der Waals surface area (Å²) in [6.45, 7) is 10.4. The Morgan fingerprint density at radius 1 is 1.06 bits per heavy atom. The van der Waals surface area contributed by atoms with Gasteiger partial charge in [0.25, 0.3) is 0 Å². The van der Waals surface area contributed by atoms with E-state index in [1.165, 1.54) is 0 Å². The van der Waals surface area contributed by atoms with E-state index in [1.54, 1.807) is 0 Å². The second kappa shape index (κ2) is 9.90. The second-order valence-electron chi connectivity index (χ2n) is 9.07. The number of benzene rings is 2. The summed E-state index contributed by atoms with van der Waals surface area (Å²) in [6, 6.07) is 15.3. The molecule has 6 nitrogen and oxygen atoms in total. The van der Waals surface area contributed by atoms with Crippen LogP contribution in [-0.2, 0) is 27.3 Å². The van der Waals surface area contributed by atoms with Crippen molar-refractivity contribution >= 4 is 19.3 Å². The number of alkyl carbamates (subject to hydrolysis) is 1. The summed E-state index contributed by atoms with van der Waals surface area (Å²) < 4.78 is 17.8. The minimum atomic E-state index is -0.605. The lowest BCUT2D eigenvalue weighted by Crippen LogP contribution is -2.41. The Hall–Kier alpha value is -2.61. The number of carbonyl (C=O) groups excluding carboxylic acids is 1. The summed E-state index contributed by atoms with van der Waals surface area (Å²) in [6.07, 6.45) is 1.46. The summed E-state index contributed by atoms with van der Waals surface area (Å²) >= 11 is 0. The van der Waals surface area contributed by atoms with Crippen molar-refractivity contribution in [3.05, 3.63) is 76.3 Å². The summed E-state index contributed by atoms with van der Waals surface area (Å²) in [5.74, 6) is 0. The number of hydrogen-bond donors (Lipinski definition) is 2. The fourth-order valence-corrected chi connectivity index (χ4v) is 3.34. The maximum atomic E-state index is 12.3. The number of carbonyl (C=O) groups is 1. The third kappa shape index (κ3) is 5.79. The topological polar surface area (TPSA) is 77.0 Å². The van der Waals surface area contributed by atoms with E-state index in [4.69, 9.17) is 14.0 Å². The van der Waals surface area contributed by atoms with Crippen molar-refractivity contribution in [3.8, 4) is 0 Å². The quantitative estimate of drug-likeness (QED) is 0.627. The number of amides is 1. The van der Waals surface area contributed by atoms with Crippen LogP contribution >= 0.6 is 0 Å². The Morgan fingerprint density at radius 2 is 1.72 bits per heavy atom. The number of nitrogens with one attached hydrogen (secondary N) is 1. The third-order valence-electron chi connectivity index (χ3n) is 6.06. The molecule has 2 aromatic rings. The van der Waals surface area contributed by atoms with Crippen molar-refractivity contribution in [3.63, 3.8) is 0 Å². The largest absolute Gasteiger partial charge is 0.492 e. The zero-order valence-corrected chi connectivity index (χ0v) is 19.5. The molecule has 1 saturated heterocycles. The Labute approximate surface area is 190 Å². The predicted molar refractivity (Wildman–Crippen MR) is 126 cm³/mol. The first-order valence-corrected chi connectivity index (χ1v) is 10.8.